The largest absolute Gasteiger partial charge is 0.393 e. The molecule has 3 nitrogen and oxygen atoms in total. The molecule has 0 aliphatic carbocycles. The number of unbranched alkanes of at least 4 members (excludes halogenated alkanes) is 2. The van der Waals surface area contributed by atoms with Crippen LogP contribution in [0.15, 0.2) is 0 Å². The molecule has 0 amide bonds. The van der Waals surface area contributed by atoms with Gasteiger partial charge >= 0.3 is 0 Å². The van der Waals surface area contributed by atoms with Crippen molar-refractivity contribution in [1.82, 2.24) is 0 Å². The molecule has 4 unspecified atom stereocenters. The fourth-order valence-corrected chi connectivity index (χ4v) is 1.44. The Hall–Kier alpha value is 0.740. The molecule has 0 aliphatic heterocycles. The maximum atomic E-state index is 9.80. The minimum Gasteiger partial charge on any atom is -0.393 e. The van der Waals surface area contributed by atoms with Crippen LogP contribution in [0.5, 0.6) is 0 Å². The van der Waals surface area contributed by atoms with Gasteiger partial charge in [0.2, 0.25) is 0 Å². The monoisotopic (exact) mass is 226 g/mol. The molecule has 0 saturated heterocycles. The summed E-state index contributed by atoms with van der Waals surface area (Å²) in [7, 11) is 4.28. The van der Waals surface area contributed by atoms with E-state index in [-0.39, 0.29) is 0 Å². The summed E-state index contributed by atoms with van der Waals surface area (Å²) in [5, 5.41) is 25.4. The maximum absolute atomic E-state index is 9.80. The van der Waals surface area contributed by atoms with Gasteiger partial charge in [-0.2, -0.15) is 0 Å². The van der Waals surface area contributed by atoms with Crippen molar-refractivity contribution >= 4 is 18.5 Å². The second kappa shape index (κ2) is 5.58. The summed E-state index contributed by atoms with van der Waals surface area (Å²) in [4.78, 5) is 0. The van der Waals surface area contributed by atoms with E-state index in [1.54, 1.807) is 0 Å². The Morgan fingerprint density at radius 2 is 1.62 bits per heavy atom. The summed E-state index contributed by atoms with van der Waals surface area (Å²) in [6.07, 6.45) is 3.39. The predicted molar refractivity (Wildman–Crippen MR) is 60.5 cm³/mol. The molecular weight excluding hydrogens is 206 g/mol. The van der Waals surface area contributed by atoms with Gasteiger partial charge in [0.1, 0.15) is 10.7 Å². The lowest BCUT2D eigenvalue weighted by molar-refractivity contribution is -0.0671. The van der Waals surface area contributed by atoms with Gasteiger partial charge in [0.15, 0.2) is 0 Å². The molecule has 0 bridgehead atoms. The Balaban J connectivity index is 4.06. The Morgan fingerprint density at radius 1 is 1.08 bits per heavy atom. The SMILES string of the molecule is CCCCCC(O)(P)C(O)(P)CO. The molecule has 13 heavy (non-hydrogen) atoms. The van der Waals surface area contributed by atoms with Crippen LogP contribution in [0, 0.1) is 0 Å². The summed E-state index contributed by atoms with van der Waals surface area (Å²) in [5.41, 5.74) is 0. The minimum atomic E-state index is -1.52. The normalized spacial score (nSPS) is 20.8. The lowest BCUT2D eigenvalue weighted by atomic mass is 10.1. The highest BCUT2D eigenvalue weighted by Crippen LogP contribution is 2.38. The zero-order chi connectivity index (χ0) is 10.5. The van der Waals surface area contributed by atoms with Crippen molar-refractivity contribution in [2.75, 3.05) is 6.61 Å². The summed E-state index contributed by atoms with van der Waals surface area (Å²) in [5.74, 6) is 0. The summed E-state index contributed by atoms with van der Waals surface area (Å²) < 4.78 is 0. The third-order valence-electron chi connectivity index (χ3n) is 2.15. The first-order valence-corrected chi connectivity index (χ1v) is 5.66. The number of hydrogen-bond acceptors (Lipinski definition) is 3. The van der Waals surface area contributed by atoms with Crippen LogP contribution in [0.25, 0.3) is 0 Å². The van der Waals surface area contributed by atoms with Crippen LogP contribution in [0.3, 0.4) is 0 Å². The van der Waals surface area contributed by atoms with E-state index in [0.717, 1.165) is 19.3 Å². The van der Waals surface area contributed by atoms with Gasteiger partial charge in [-0.3, -0.25) is 0 Å². The molecule has 0 aromatic rings. The molecular formula is C8H20O3P2. The van der Waals surface area contributed by atoms with Crippen LogP contribution in [0.1, 0.15) is 32.6 Å². The standard InChI is InChI=1S/C8H20O3P2/c1-2-3-4-5-7(10,12)8(11,13)6-9/h9-11H,2-6,12-13H2,1H3. The lowest BCUT2D eigenvalue weighted by Crippen LogP contribution is -2.47. The first-order valence-electron chi connectivity index (χ1n) is 4.51. The molecule has 5 heteroatoms. The zero-order valence-corrected chi connectivity index (χ0v) is 10.3. The van der Waals surface area contributed by atoms with Gasteiger partial charge < -0.3 is 15.3 Å². The quantitative estimate of drug-likeness (QED) is 0.461. The van der Waals surface area contributed by atoms with Crippen LogP contribution < -0.4 is 0 Å². The highest BCUT2D eigenvalue weighted by Gasteiger charge is 2.40. The van der Waals surface area contributed by atoms with Crippen molar-refractivity contribution < 1.29 is 15.3 Å². The Bertz CT molecular complexity index is 148. The topological polar surface area (TPSA) is 60.7 Å². The number of aliphatic hydroxyl groups is 3. The molecule has 0 aromatic heterocycles. The van der Waals surface area contributed by atoms with E-state index in [2.05, 4.69) is 25.4 Å². The van der Waals surface area contributed by atoms with Crippen molar-refractivity contribution in [2.45, 2.75) is 43.3 Å². The summed E-state index contributed by atoms with van der Waals surface area (Å²) >= 11 is 0. The zero-order valence-electron chi connectivity index (χ0n) is 8.03. The van der Waals surface area contributed by atoms with Gasteiger partial charge in [-0.15, -0.1) is 0 Å². The van der Waals surface area contributed by atoms with Crippen LogP contribution in [-0.2, 0) is 0 Å². The molecule has 0 aromatic carbocycles. The van der Waals surface area contributed by atoms with Crippen molar-refractivity contribution in [1.29, 1.82) is 0 Å². The van der Waals surface area contributed by atoms with Crippen molar-refractivity contribution in [2.24, 2.45) is 0 Å². The van der Waals surface area contributed by atoms with E-state index in [4.69, 9.17) is 5.11 Å². The van der Waals surface area contributed by atoms with E-state index in [0.29, 0.717) is 6.42 Å². The second-order valence-corrected chi connectivity index (χ2v) is 5.37. The Labute approximate surface area is 84.3 Å². The van der Waals surface area contributed by atoms with Crippen LogP contribution in [0.2, 0.25) is 0 Å². The molecule has 4 atom stereocenters. The van der Waals surface area contributed by atoms with Gasteiger partial charge in [0.05, 0.1) is 6.61 Å². The molecule has 80 valence electrons. The van der Waals surface area contributed by atoms with Crippen LogP contribution in [0.4, 0.5) is 0 Å². The minimum absolute atomic E-state index is 0.464. The fourth-order valence-electron chi connectivity index (χ4n) is 0.998. The van der Waals surface area contributed by atoms with E-state index in [1.165, 1.54) is 0 Å². The third kappa shape index (κ3) is 4.18. The van der Waals surface area contributed by atoms with Gasteiger partial charge in [-0.05, 0) is 6.42 Å². The maximum Gasteiger partial charge on any atom is 0.132 e. The second-order valence-electron chi connectivity index (χ2n) is 3.46. The Morgan fingerprint density at radius 3 is 2.00 bits per heavy atom. The predicted octanol–water partition coefficient (Wildman–Crippen LogP) is 0.686. The first-order chi connectivity index (χ1) is 5.87. The molecule has 0 saturated carbocycles. The third-order valence-corrected chi connectivity index (χ3v) is 3.96. The molecule has 0 aliphatic rings. The number of rotatable bonds is 6. The van der Waals surface area contributed by atoms with Crippen molar-refractivity contribution in [3.05, 3.63) is 0 Å². The molecule has 0 radical (unpaired) electrons. The van der Waals surface area contributed by atoms with E-state index >= 15 is 0 Å². The molecule has 3 N–H and O–H groups in total. The fraction of sp³-hybridized carbons (Fsp3) is 1.00. The Kier molecular flexibility index (Phi) is 5.90. The highest BCUT2D eigenvalue weighted by atomic mass is 31.0. The van der Waals surface area contributed by atoms with Crippen LogP contribution >= 0.6 is 18.5 Å². The smallest absolute Gasteiger partial charge is 0.132 e. The van der Waals surface area contributed by atoms with E-state index in [1.807, 2.05) is 0 Å². The number of aliphatic hydroxyl groups excluding tert-OH is 1. The van der Waals surface area contributed by atoms with Gasteiger partial charge in [-0.1, -0.05) is 44.7 Å². The van der Waals surface area contributed by atoms with Crippen LogP contribution in [-0.4, -0.2) is 32.6 Å². The van der Waals surface area contributed by atoms with E-state index < -0.39 is 17.3 Å². The molecule has 0 spiro atoms. The average Bonchev–Trinajstić information content (AvgIpc) is 2.04. The van der Waals surface area contributed by atoms with Gasteiger partial charge in [0.25, 0.3) is 0 Å². The molecule has 0 rings (SSSR count). The summed E-state index contributed by atoms with van der Waals surface area (Å²) in [6.45, 7) is 1.60. The van der Waals surface area contributed by atoms with Gasteiger partial charge in [0, 0.05) is 0 Å². The molecule has 0 heterocycles. The van der Waals surface area contributed by atoms with Gasteiger partial charge in [-0.25, -0.2) is 0 Å². The number of hydrogen-bond donors (Lipinski definition) is 3. The van der Waals surface area contributed by atoms with Crippen molar-refractivity contribution in [3.63, 3.8) is 0 Å². The molecule has 0 fully saturated rings. The summed E-state index contributed by atoms with van der Waals surface area (Å²) in [6, 6.07) is 0. The first kappa shape index (κ1) is 13.7. The lowest BCUT2D eigenvalue weighted by Gasteiger charge is -2.36. The highest BCUT2D eigenvalue weighted by molar-refractivity contribution is 7.24. The van der Waals surface area contributed by atoms with E-state index in [9.17, 15) is 10.2 Å². The van der Waals surface area contributed by atoms with Crippen molar-refractivity contribution in [3.8, 4) is 0 Å². The average molecular weight is 226 g/mol.